The third-order valence-electron chi connectivity index (χ3n) is 3.72. The van der Waals surface area contributed by atoms with Gasteiger partial charge in [0, 0.05) is 18.0 Å². The molecule has 0 N–H and O–H groups in total. The molecule has 24 heavy (non-hydrogen) atoms. The minimum absolute atomic E-state index is 0.273. The molecule has 0 amide bonds. The lowest BCUT2D eigenvalue weighted by atomic mass is 10.1. The van der Waals surface area contributed by atoms with E-state index in [4.69, 9.17) is 0 Å². The molecule has 4 rings (SSSR count). The summed E-state index contributed by atoms with van der Waals surface area (Å²) in [7, 11) is 0. The third kappa shape index (κ3) is 2.55. The number of benzene rings is 1. The highest BCUT2D eigenvalue weighted by molar-refractivity contribution is 7.98. The molecular formula is C18H13FN4S. The zero-order valence-corrected chi connectivity index (χ0v) is 13.7. The maximum atomic E-state index is 13.3. The molecule has 3 aromatic heterocycles. The van der Waals surface area contributed by atoms with Crippen LogP contribution in [0.2, 0.25) is 0 Å². The second-order valence-corrected chi connectivity index (χ2v) is 6.01. The van der Waals surface area contributed by atoms with Crippen molar-refractivity contribution in [1.82, 2.24) is 19.6 Å². The van der Waals surface area contributed by atoms with E-state index in [0.717, 1.165) is 27.4 Å². The molecule has 0 saturated heterocycles. The van der Waals surface area contributed by atoms with Crippen molar-refractivity contribution in [3.63, 3.8) is 0 Å². The lowest BCUT2D eigenvalue weighted by Crippen LogP contribution is -1.91. The number of pyridine rings is 1. The number of nitrogens with zero attached hydrogens (tertiary/aromatic N) is 4. The van der Waals surface area contributed by atoms with Gasteiger partial charge in [0.1, 0.15) is 11.5 Å². The minimum Gasteiger partial charge on any atom is -0.240 e. The first kappa shape index (κ1) is 14.8. The summed E-state index contributed by atoms with van der Waals surface area (Å²) in [5, 5.41) is 5.54. The van der Waals surface area contributed by atoms with Crippen LogP contribution in [-0.2, 0) is 0 Å². The molecule has 0 aliphatic rings. The molecule has 0 radical (unpaired) electrons. The van der Waals surface area contributed by atoms with Crippen molar-refractivity contribution >= 4 is 17.3 Å². The molecule has 0 bridgehead atoms. The van der Waals surface area contributed by atoms with Crippen LogP contribution in [0.3, 0.4) is 0 Å². The second-order valence-electron chi connectivity index (χ2n) is 5.18. The molecule has 0 spiro atoms. The van der Waals surface area contributed by atoms with Crippen LogP contribution in [-0.4, -0.2) is 25.8 Å². The summed E-state index contributed by atoms with van der Waals surface area (Å²) in [5.74, 6) is 0.340. The minimum atomic E-state index is -0.273. The van der Waals surface area contributed by atoms with Gasteiger partial charge in [0.15, 0.2) is 5.82 Å². The normalized spacial score (nSPS) is 11.1. The summed E-state index contributed by atoms with van der Waals surface area (Å²) in [6, 6.07) is 14.0. The van der Waals surface area contributed by atoms with E-state index in [1.165, 1.54) is 12.1 Å². The van der Waals surface area contributed by atoms with Crippen LogP contribution >= 0.6 is 11.8 Å². The SMILES string of the molecule is CSc1ccnc(-c2c(-c3ccc(F)cc3)nn3ccccc23)n1. The molecule has 6 heteroatoms. The molecule has 0 saturated carbocycles. The van der Waals surface area contributed by atoms with Crippen LogP contribution in [0.4, 0.5) is 4.39 Å². The lowest BCUT2D eigenvalue weighted by Gasteiger charge is -2.04. The van der Waals surface area contributed by atoms with Gasteiger partial charge in [0.25, 0.3) is 0 Å². The van der Waals surface area contributed by atoms with Crippen LogP contribution in [0.1, 0.15) is 0 Å². The van der Waals surface area contributed by atoms with E-state index in [1.807, 2.05) is 36.7 Å². The van der Waals surface area contributed by atoms with Gasteiger partial charge >= 0.3 is 0 Å². The summed E-state index contributed by atoms with van der Waals surface area (Å²) in [5.41, 5.74) is 3.32. The van der Waals surface area contributed by atoms with Gasteiger partial charge in [-0.2, -0.15) is 5.10 Å². The number of aromatic nitrogens is 4. The molecular weight excluding hydrogens is 323 g/mol. The predicted octanol–water partition coefficient (Wildman–Crippen LogP) is 4.32. The molecule has 118 valence electrons. The van der Waals surface area contributed by atoms with Crippen molar-refractivity contribution in [2.75, 3.05) is 6.26 Å². The van der Waals surface area contributed by atoms with Crippen molar-refractivity contribution in [3.8, 4) is 22.6 Å². The highest BCUT2D eigenvalue weighted by Crippen LogP contribution is 2.33. The maximum Gasteiger partial charge on any atom is 0.164 e. The Morgan fingerprint density at radius 3 is 2.67 bits per heavy atom. The number of rotatable bonds is 3. The average Bonchev–Trinajstić information content (AvgIpc) is 3.02. The molecule has 4 aromatic rings. The zero-order chi connectivity index (χ0) is 16.5. The van der Waals surface area contributed by atoms with E-state index >= 15 is 0 Å². The van der Waals surface area contributed by atoms with E-state index < -0.39 is 0 Å². The van der Waals surface area contributed by atoms with Crippen LogP contribution in [0.5, 0.6) is 0 Å². The van der Waals surface area contributed by atoms with Gasteiger partial charge in [-0.1, -0.05) is 6.07 Å². The maximum absolute atomic E-state index is 13.3. The van der Waals surface area contributed by atoms with E-state index in [9.17, 15) is 4.39 Å². The van der Waals surface area contributed by atoms with E-state index in [0.29, 0.717) is 5.82 Å². The Kier molecular flexibility index (Phi) is 3.74. The van der Waals surface area contributed by atoms with Crippen LogP contribution in [0.25, 0.3) is 28.2 Å². The predicted molar refractivity (Wildman–Crippen MR) is 93.4 cm³/mol. The number of halogens is 1. The topological polar surface area (TPSA) is 43.1 Å². The first-order valence-electron chi connectivity index (χ1n) is 7.37. The number of hydrogen-bond donors (Lipinski definition) is 0. The van der Waals surface area contributed by atoms with Crippen molar-refractivity contribution < 1.29 is 4.39 Å². The van der Waals surface area contributed by atoms with Crippen molar-refractivity contribution in [2.24, 2.45) is 0 Å². The zero-order valence-electron chi connectivity index (χ0n) is 12.8. The molecule has 0 aliphatic carbocycles. The quantitative estimate of drug-likeness (QED) is 0.413. The largest absolute Gasteiger partial charge is 0.240 e. The fourth-order valence-electron chi connectivity index (χ4n) is 2.61. The summed E-state index contributed by atoms with van der Waals surface area (Å²) in [4.78, 5) is 9.04. The molecule has 3 heterocycles. The lowest BCUT2D eigenvalue weighted by molar-refractivity contribution is 0.628. The summed E-state index contributed by atoms with van der Waals surface area (Å²) >= 11 is 1.56. The van der Waals surface area contributed by atoms with Gasteiger partial charge in [0.05, 0.1) is 16.1 Å². The molecule has 4 nitrogen and oxygen atoms in total. The molecule has 0 fully saturated rings. The van der Waals surface area contributed by atoms with Gasteiger partial charge in [-0.05, 0) is 48.7 Å². The van der Waals surface area contributed by atoms with Gasteiger partial charge in [-0.3, -0.25) is 0 Å². The standard InChI is InChI=1S/C18H13FN4S/c1-24-15-9-10-20-18(21-15)16-14-4-2-3-11-23(14)22-17(16)12-5-7-13(19)8-6-12/h2-11H,1H3. The summed E-state index contributed by atoms with van der Waals surface area (Å²) in [6.07, 6.45) is 5.60. The Labute approximate surface area is 142 Å². The Morgan fingerprint density at radius 2 is 1.88 bits per heavy atom. The number of fused-ring (bicyclic) bond motifs is 1. The smallest absolute Gasteiger partial charge is 0.164 e. The highest BCUT2D eigenvalue weighted by atomic mass is 32.2. The average molecular weight is 336 g/mol. The highest BCUT2D eigenvalue weighted by Gasteiger charge is 2.18. The Bertz CT molecular complexity index is 1010. The Morgan fingerprint density at radius 1 is 1.04 bits per heavy atom. The van der Waals surface area contributed by atoms with Gasteiger partial charge in [-0.25, -0.2) is 18.9 Å². The third-order valence-corrected chi connectivity index (χ3v) is 4.37. The molecule has 0 atom stereocenters. The first-order chi connectivity index (χ1) is 11.8. The van der Waals surface area contributed by atoms with Gasteiger partial charge < -0.3 is 0 Å². The van der Waals surface area contributed by atoms with Crippen molar-refractivity contribution in [1.29, 1.82) is 0 Å². The molecule has 0 aliphatic heterocycles. The van der Waals surface area contributed by atoms with E-state index in [2.05, 4.69) is 15.1 Å². The van der Waals surface area contributed by atoms with Crippen molar-refractivity contribution in [3.05, 3.63) is 66.7 Å². The molecule has 0 unspecified atom stereocenters. The first-order valence-corrected chi connectivity index (χ1v) is 8.59. The summed E-state index contributed by atoms with van der Waals surface area (Å²) in [6.45, 7) is 0. The molecule has 1 aromatic carbocycles. The van der Waals surface area contributed by atoms with Gasteiger partial charge in [0.2, 0.25) is 0 Å². The number of hydrogen-bond acceptors (Lipinski definition) is 4. The van der Waals surface area contributed by atoms with Crippen LogP contribution < -0.4 is 0 Å². The van der Waals surface area contributed by atoms with Crippen LogP contribution in [0.15, 0.2) is 66.0 Å². The second kappa shape index (κ2) is 6.05. The summed E-state index contributed by atoms with van der Waals surface area (Å²) < 4.78 is 15.1. The van der Waals surface area contributed by atoms with Crippen LogP contribution in [0, 0.1) is 5.82 Å². The Balaban J connectivity index is 2.01. The van der Waals surface area contributed by atoms with E-state index in [-0.39, 0.29) is 5.82 Å². The fourth-order valence-corrected chi connectivity index (χ4v) is 2.98. The van der Waals surface area contributed by atoms with Gasteiger partial charge in [-0.15, -0.1) is 11.8 Å². The fraction of sp³-hybridized carbons (Fsp3) is 0.0556. The van der Waals surface area contributed by atoms with E-state index in [1.54, 1.807) is 34.6 Å². The Hall–Kier alpha value is -2.73. The van der Waals surface area contributed by atoms with Crippen molar-refractivity contribution in [2.45, 2.75) is 5.03 Å². The monoisotopic (exact) mass is 336 g/mol. The number of thioether (sulfide) groups is 1.